The van der Waals surface area contributed by atoms with Crippen molar-refractivity contribution in [3.8, 4) is 0 Å². The quantitative estimate of drug-likeness (QED) is 0.591. The highest BCUT2D eigenvalue weighted by Gasteiger charge is 2.21. The summed E-state index contributed by atoms with van der Waals surface area (Å²) in [5, 5.41) is 0. The van der Waals surface area contributed by atoms with Gasteiger partial charge in [-0.25, -0.2) is 35.6 Å². The van der Waals surface area contributed by atoms with Gasteiger partial charge in [0.1, 0.15) is 28.2 Å². The van der Waals surface area contributed by atoms with Crippen LogP contribution in [0.2, 0.25) is 0 Å². The van der Waals surface area contributed by atoms with Gasteiger partial charge in [-0.2, -0.15) is 0 Å². The highest BCUT2D eigenvalue weighted by molar-refractivity contribution is 7.93. The lowest BCUT2D eigenvalue weighted by molar-refractivity contribution is 0.551. The third kappa shape index (κ3) is 4.89. The summed E-state index contributed by atoms with van der Waals surface area (Å²) in [5.41, 5.74) is 0.573. The van der Waals surface area contributed by atoms with Crippen molar-refractivity contribution in [2.75, 3.05) is 9.44 Å². The number of rotatable bonds is 6. The summed E-state index contributed by atoms with van der Waals surface area (Å²) in [7, 11) is -8.33. The number of hydrogen-bond acceptors (Lipinski definition) is 6. The first-order valence-electron chi connectivity index (χ1n) is 8.39. The van der Waals surface area contributed by atoms with Gasteiger partial charge in [-0.3, -0.25) is 9.44 Å². The molecule has 0 atom stereocenters. The third-order valence-corrected chi connectivity index (χ3v) is 6.59. The van der Waals surface area contributed by atoms with Crippen molar-refractivity contribution < 1.29 is 25.6 Å². The zero-order chi connectivity index (χ0) is 22.1. The summed E-state index contributed by atoms with van der Waals surface area (Å²) in [6, 6.07) is 8.26. The van der Waals surface area contributed by atoms with E-state index in [2.05, 4.69) is 19.4 Å². The predicted molar refractivity (Wildman–Crippen MR) is 106 cm³/mol. The van der Waals surface area contributed by atoms with Gasteiger partial charge in [0.25, 0.3) is 20.0 Å². The van der Waals surface area contributed by atoms with Crippen LogP contribution in [0, 0.1) is 25.5 Å². The van der Waals surface area contributed by atoms with E-state index < -0.39 is 36.6 Å². The van der Waals surface area contributed by atoms with E-state index in [4.69, 9.17) is 0 Å². The van der Waals surface area contributed by atoms with Crippen molar-refractivity contribution in [2.45, 2.75) is 23.6 Å². The SMILES string of the molecule is Cc1cc(NS(=O)(=O)c2ccc(NS(=O)(=O)c3ccc(F)cc3F)cc2)nc(C)n1. The minimum absolute atomic E-state index is 0.00796. The second kappa shape index (κ2) is 7.95. The zero-order valence-corrected chi connectivity index (χ0v) is 17.4. The van der Waals surface area contributed by atoms with E-state index in [9.17, 15) is 25.6 Å². The van der Waals surface area contributed by atoms with E-state index in [0.717, 1.165) is 12.1 Å². The Bertz CT molecular complexity index is 1290. The van der Waals surface area contributed by atoms with Crippen LogP contribution in [0.3, 0.4) is 0 Å². The standard InChI is InChI=1S/C18H16F2N4O4S2/c1-11-9-18(22-12(2)21-11)24-29(25,26)15-6-4-14(5-7-15)23-30(27,28)17-8-3-13(19)10-16(17)20/h3-10,23H,1-2H3,(H,21,22,24). The Hall–Kier alpha value is -3.12. The first-order valence-corrected chi connectivity index (χ1v) is 11.4. The van der Waals surface area contributed by atoms with Crippen LogP contribution in [-0.4, -0.2) is 26.8 Å². The van der Waals surface area contributed by atoms with Crippen molar-refractivity contribution in [1.82, 2.24) is 9.97 Å². The fourth-order valence-corrected chi connectivity index (χ4v) is 4.68. The zero-order valence-electron chi connectivity index (χ0n) is 15.7. The van der Waals surface area contributed by atoms with Crippen LogP contribution in [0.1, 0.15) is 11.5 Å². The van der Waals surface area contributed by atoms with Gasteiger partial charge in [0, 0.05) is 23.5 Å². The fraction of sp³-hybridized carbons (Fsp3) is 0.111. The Morgan fingerprint density at radius 1 is 0.800 bits per heavy atom. The van der Waals surface area contributed by atoms with Crippen molar-refractivity contribution in [2.24, 2.45) is 0 Å². The molecule has 0 bridgehead atoms. The Morgan fingerprint density at radius 3 is 2.07 bits per heavy atom. The maximum Gasteiger partial charge on any atom is 0.264 e. The summed E-state index contributed by atoms with van der Waals surface area (Å²) < 4.78 is 80.9. The molecule has 12 heteroatoms. The largest absolute Gasteiger partial charge is 0.280 e. The fourth-order valence-electron chi connectivity index (χ4n) is 2.57. The first-order chi connectivity index (χ1) is 14.0. The van der Waals surface area contributed by atoms with Gasteiger partial charge in [-0.1, -0.05) is 0 Å². The predicted octanol–water partition coefficient (Wildman–Crippen LogP) is 2.97. The number of halogens is 2. The van der Waals surface area contributed by atoms with Gasteiger partial charge in [0.2, 0.25) is 0 Å². The van der Waals surface area contributed by atoms with Crippen LogP contribution in [-0.2, 0) is 20.0 Å². The monoisotopic (exact) mass is 454 g/mol. The Kier molecular flexibility index (Phi) is 5.72. The molecule has 0 spiro atoms. The molecule has 0 amide bonds. The number of nitrogens with zero attached hydrogens (tertiary/aromatic N) is 2. The van der Waals surface area contributed by atoms with Crippen LogP contribution >= 0.6 is 0 Å². The Balaban J connectivity index is 1.81. The normalized spacial score (nSPS) is 11.9. The van der Waals surface area contributed by atoms with Crippen LogP contribution < -0.4 is 9.44 Å². The minimum Gasteiger partial charge on any atom is -0.280 e. The van der Waals surface area contributed by atoms with Gasteiger partial charge in [0.05, 0.1) is 4.90 Å². The number of nitrogens with one attached hydrogen (secondary N) is 2. The molecule has 0 radical (unpaired) electrons. The van der Waals surface area contributed by atoms with Crippen molar-refractivity contribution in [3.05, 3.63) is 71.7 Å². The minimum atomic E-state index is -4.34. The van der Waals surface area contributed by atoms with E-state index in [1.165, 1.54) is 30.3 Å². The van der Waals surface area contributed by atoms with Gasteiger partial charge < -0.3 is 0 Å². The molecule has 0 aliphatic heterocycles. The summed E-state index contributed by atoms with van der Waals surface area (Å²) >= 11 is 0. The summed E-state index contributed by atoms with van der Waals surface area (Å²) in [4.78, 5) is 7.18. The molecule has 0 saturated carbocycles. The Labute approximate surface area is 172 Å². The number of aryl methyl sites for hydroxylation is 2. The molecule has 2 aromatic carbocycles. The molecule has 0 aliphatic carbocycles. The molecule has 3 aromatic rings. The molecule has 158 valence electrons. The number of aromatic nitrogens is 2. The molecule has 2 N–H and O–H groups in total. The van der Waals surface area contributed by atoms with Crippen molar-refractivity contribution >= 4 is 31.6 Å². The number of benzene rings is 2. The molecule has 0 aliphatic rings. The molecular formula is C18H16F2N4O4S2. The molecular weight excluding hydrogens is 438 g/mol. The number of anilines is 2. The maximum absolute atomic E-state index is 13.8. The molecule has 8 nitrogen and oxygen atoms in total. The van der Waals surface area contributed by atoms with Gasteiger partial charge in [0.15, 0.2) is 0 Å². The second-order valence-electron chi connectivity index (χ2n) is 6.25. The van der Waals surface area contributed by atoms with Crippen LogP contribution in [0.5, 0.6) is 0 Å². The highest BCUT2D eigenvalue weighted by Crippen LogP contribution is 2.22. The van der Waals surface area contributed by atoms with Crippen molar-refractivity contribution in [3.63, 3.8) is 0 Å². The molecule has 0 unspecified atom stereocenters. The van der Waals surface area contributed by atoms with E-state index in [1.54, 1.807) is 13.8 Å². The highest BCUT2D eigenvalue weighted by atomic mass is 32.2. The third-order valence-electron chi connectivity index (χ3n) is 3.81. The van der Waals surface area contributed by atoms with E-state index in [0.29, 0.717) is 17.6 Å². The topological polar surface area (TPSA) is 118 Å². The molecule has 1 heterocycles. The van der Waals surface area contributed by atoms with Crippen LogP contribution in [0.15, 0.2) is 58.3 Å². The van der Waals surface area contributed by atoms with E-state index in [1.807, 2.05) is 0 Å². The van der Waals surface area contributed by atoms with Gasteiger partial charge in [-0.05, 0) is 50.2 Å². The second-order valence-corrected chi connectivity index (χ2v) is 9.59. The molecule has 0 saturated heterocycles. The molecule has 0 fully saturated rings. The van der Waals surface area contributed by atoms with Crippen LogP contribution in [0.4, 0.5) is 20.3 Å². The number of sulfonamides is 2. The average molecular weight is 454 g/mol. The van der Waals surface area contributed by atoms with Gasteiger partial charge in [-0.15, -0.1) is 0 Å². The lowest BCUT2D eigenvalue weighted by Crippen LogP contribution is -2.16. The lowest BCUT2D eigenvalue weighted by Gasteiger charge is -2.11. The smallest absolute Gasteiger partial charge is 0.264 e. The summed E-state index contributed by atoms with van der Waals surface area (Å²) in [5.74, 6) is -1.68. The van der Waals surface area contributed by atoms with E-state index >= 15 is 0 Å². The van der Waals surface area contributed by atoms with E-state index in [-0.39, 0.29) is 16.4 Å². The van der Waals surface area contributed by atoms with Gasteiger partial charge >= 0.3 is 0 Å². The summed E-state index contributed by atoms with van der Waals surface area (Å²) in [6.07, 6.45) is 0. The molecule has 3 rings (SSSR count). The van der Waals surface area contributed by atoms with Crippen molar-refractivity contribution in [1.29, 1.82) is 0 Å². The summed E-state index contributed by atoms with van der Waals surface area (Å²) in [6.45, 7) is 3.31. The average Bonchev–Trinajstić information content (AvgIpc) is 2.60. The number of hydrogen-bond donors (Lipinski definition) is 2. The lowest BCUT2D eigenvalue weighted by atomic mass is 10.3. The van der Waals surface area contributed by atoms with Crippen LogP contribution in [0.25, 0.3) is 0 Å². The maximum atomic E-state index is 13.8. The first kappa shape index (κ1) is 21.6. The Morgan fingerprint density at radius 2 is 1.47 bits per heavy atom. The molecule has 30 heavy (non-hydrogen) atoms. The molecule has 1 aromatic heterocycles.